The fraction of sp³-hybridized carbons (Fsp3) is 0.556. The van der Waals surface area contributed by atoms with Crippen molar-refractivity contribution < 1.29 is 19.1 Å². The van der Waals surface area contributed by atoms with Gasteiger partial charge in [0.2, 0.25) is 5.91 Å². The van der Waals surface area contributed by atoms with Gasteiger partial charge in [0.05, 0.1) is 19.9 Å². The van der Waals surface area contributed by atoms with Gasteiger partial charge in [-0.1, -0.05) is 13.8 Å². The first kappa shape index (κ1) is 28.0. The van der Waals surface area contributed by atoms with Crippen LogP contribution in [0.3, 0.4) is 0 Å². The first-order valence-corrected chi connectivity index (χ1v) is 12.9. The number of aromatic nitrogens is 2. The predicted molar refractivity (Wildman–Crippen MR) is 144 cm³/mol. The molecular weight excluding hydrogens is 472 g/mol. The largest absolute Gasteiger partial charge is 0.493 e. The molecule has 1 N–H and O–H groups in total. The van der Waals surface area contributed by atoms with Crippen LogP contribution in [0.25, 0.3) is 11.3 Å². The van der Waals surface area contributed by atoms with E-state index in [9.17, 15) is 9.59 Å². The van der Waals surface area contributed by atoms with Gasteiger partial charge >= 0.3 is 6.03 Å². The van der Waals surface area contributed by atoms with E-state index in [2.05, 4.69) is 20.4 Å². The second kappa shape index (κ2) is 13.1. The Balaban J connectivity index is 1.62. The molecule has 1 saturated heterocycles. The van der Waals surface area contributed by atoms with Crippen LogP contribution in [0.15, 0.2) is 30.3 Å². The summed E-state index contributed by atoms with van der Waals surface area (Å²) in [5, 5.41) is 11.8. The molecule has 0 spiro atoms. The zero-order chi connectivity index (χ0) is 26.9. The van der Waals surface area contributed by atoms with Gasteiger partial charge in [-0.3, -0.25) is 4.79 Å². The Hall–Kier alpha value is -3.56. The topological polar surface area (TPSA) is 100 Å². The molecule has 0 aliphatic carbocycles. The second-order valence-electron chi connectivity index (χ2n) is 9.95. The van der Waals surface area contributed by atoms with Crippen LogP contribution >= 0.6 is 0 Å². The number of nitrogens with one attached hydrogen (secondary N) is 1. The Bertz CT molecular complexity index is 1040. The lowest BCUT2D eigenvalue weighted by Gasteiger charge is -2.29. The smallest absolute Gasteiger partial charge is 0.318 e. The Kier molecular flexibility index (Phi) is 9.93. The maximum atomic E-state index is 13.1. The summed E-state index contributed by atoms with van der Waals surface area (Å²) < 4.78 is 10.7. The Morgan fingerprint density at radius 2 is 1.73 bits per heavy atom. The highest BCUT2D eigenvalue weighted by Gasteiger charge is 2.25. The zero-order valence-corrected chi connectivity index (χ0v) is 22.9. The van der Waals surface area contributed by atoms with E-state index in [1.807, 2.05) is 62.9 Å². The Morgan fingerprint density at radius 3 is 2.35 bits per heavy atom. The molecule has 10 heteroatoms. The summed E-state index contributed by atoms with van der Waals surface area (Å²) in [5.41, 5.74) is 1.62. The molecule has 3 rings (SSSR count). The van der Waals surface area contributed by atoms with Gasteiger partial charge in [-0.15, -0.1) is 10.2 Å². The minimum atomic E-state index is -0.196. The molecule has 2 aromatic rings. The molecule has 2 heterocycles. The van der Waals surface area contributed by atoms with Gasteiger partial charge in [0, 0.05) is 44.3 Å². The van der Waals surface area contributed by atoms with E-state index in [1.165, 1.54) is 0 Å². The van der Waals surface area contributed by atoms with Gasteiger partial charge in [0.25, 0.3) is 0 Å². The number of amides is 3. The number of anilines is 1. The van der Waals surface area contributed by atoms with Crippen LogP contribution in [0.4, 0.5) is 10.6 Å². The predicted octanol–water partition coefficient (Wildman–Crippen LogP) is 3.28. The summed E-state index contributed by atoms with van der Waals surface area (Å²) in [6, 6.07) is 9.36. The standard InChI is InChI=1S/C27H40N6O4/c1-19(2)17-33(27(35)28-20(3)4)18-26(34)32-13-7-12-31(14-15-32)25-11-9-22(29-30-25)21-8-10-23(36-5)24(16-21)37-6/h8-11,16,19-20H,7,12-15,17-18H2,1-6H3,(H,28,35). The third kappa shape index (κ3) is 7.71. The maximum Gasteiger partial charge on any atom is 0.318 e. The molecule has 1 aliphatic heterocycles. The first-order chi connectivity index (χ1) is 17.7. The van der Waals surface area contributed by atoms with Crippen LogP contribution in [0.5, 0.6) is 11.5 Å². The molecule has 0 saturated carbocycles. The molecule has 1 aromatic carbocycles. The van der Waals surface area contributed by atoms with Crippen molar-refractivity contribution in [1.82, 2.24) is 25.3 Å². The summed E-state index contributed by atoms with van der Waals surface area (Å²) >= 11 is 0. The summed E-state index contributed by atoms with van der Waals surface area (Å²) in [4.78, 5) is 31.3. The van der Waals surface area contributed by atoms with E-state index in [0.29, 0.717) is 37.7 Å². The van der Waals surface area contributed by atoms with Crippen molar-refractivity contribution in [1.29, 1.82) is 0 Å². The number of hydrogen-bond acceptors (Lipinski definition) is 7. The molecule has 0 atom stereocenters. The van der Waals surface area contributed by atoms with Crippen LogP contribution in [0, 0.1) is 5.92 Å². The molecule has 10 nitrogen and oxygen atoms in total. The number of carbonyl (C=O) groups is 2. The molecule has 3 amide bonds. The third-order valence-electron chi connectivity index (χ3n) is 6.11. The summed E-state index contributed by atoms with van der Waals surface area (Å²) in [7, 11) is 3.21. The highest BCUT2D eigenvalue weighted by molar-refractivity contribution is 5.84. The van der Waals surface area contributed by atoms with Crippen molar-refractivity contribution in [2.24, 2.45) is 5.92 Å². The highest BCUT2D eigenvalue weighted by Crippen LogP contribution is 2.31. The van der Waals surface area contributed by atoms with E-state index < -0.39 is 0 Å². The van der Waals surface area contributed by atoms with Crippen molar-refractivity contribution in [3.63, 3.8) is 0 Å². The SMILES string of the molecule is COc1ccc(-c2ccc(N3CCCN(C(=O)CN(CC(C)C)C(=O)NC(C)C)CC3)nn2)cc1OC. The van der Waals surface area contributed by atoms with E-state index in [0.717, 1.165) is 30.0 Å². The van der Waals surface area contributed by atoms with Gasteiger partial charge in [-0.25, -0.2) is 4.79 Å². The van der Waals surface area contributed by atoms with Gasteiger partial charge in [-0.2, -0.15) is 0 Å². The van der Waals surface area contributed by atoms with E-state index in [-0.39, 0.29) is 30.4 Å². The lowest BCUT2D eigenvalue weighted by Crippen LogP contribution is -2.49. The summed E-state index contributed by atoms with van der Waals surface area (Å²) in [6.45, 7) is 11.2. The van der Waals surface area contributed by atoms with Crippen molar-refractivity contribution in [2.45, 2.75) is 40.2 Å². The lowest BCUT2D eigenvalue weighted by molar-refractivity contribution is -0.131. The molecule has 1 aliphatic rings. The molecule has 0 radical (unpaired) electrons. The Labute approximate surface area is 219 Å². The maximum absolute atomic E-state index is 13.1. The Morgan fingerprint density at radius 1 is 0.973 bits per heavy atom. The molecular formula is C27H40N6O4. The highest BCUT2D eigenvalue weighted by atomic mass is 16.5. The van der Waals surface area contributed by atoms with E-state index in [4.69, 9.17) is 9.47 Å². The first-order valence-electron chi connectivity index (χ1n) is 12.9. The number of urea groups is 1. The van der Waals surface area contributed by atoms with E-state index in [1.54, 1.807) is 19.1 Å². The van der Waals surface area contributed by atoms with Crippen LogP contribution < -0.4 is 19.7 Å². The van der Waals surface area contributed by atoms with Crippen LogP contribution in [-0.4, -0.2) is 91.5 Å². The minimum absolute atomic E-state index is 0.0169. The number of rotatable bonds is 9. The molecule has 0 unspecified atom stereocenters. The number of methoxy groups -OCH3 is 2. The fourth-order valence-corrected chi connectivity index (χ4v) is 4.30. The summed E-state index contributed by atoms with van der Waals surface area (Å²) in [6.07, 6.45) is 0.813. The van der Waals surface area contributed by atoms with Gasteiger partial charge in [0.15, 0.2) is 17.3 Å². The second-order valence-corrected chi connectivity index (χ2v) is 9.95. The average Bonchev–Trinajstić information content (AvgIpc) is 3.14. The van der Waals surface area contributed by atoms with Gasteiger partial charge < -0.3 is 29.5 Å². The van der Waals surface area contributed by atoms with Crippen molar-refractivity contribution in [3.05, 3.63) is 30.3 Å². The number of ether oxygens (including phenoxy) is 2. The fourth-order valence-electron chi connectivity index (χ4n) is 4.30. The third-order valence-corrected chi connectivity index (χ3v) is 6.11. The average molecular weight is 513 g/mol. The lowest BCUT2D eigenvalue weighted by atomic mass is 10.1. The molecule has 0 bridgehead atoms. The van der Waals surface area contributed by atoms with Gasteiger partial charge in [-0.05, 0) is 56.5 Å². The van der Waals surface area contributed by atoms with Crippen molar-refractivity contribution in [3.8, 4) is 22.8 Å². The van der Waals surface area contributed by atoms with Crippen LogP contribution in [-0.2, 0) is 4.79 Å². The van der Waals surface area contributed by atoms with Gasteiger partial charge in [0.1, 0.15) is 6.54 Å². The molecule has 37 heavy (non-hydrogen) atoms. The molecule has 1 aromatic heterocycles. The minimum Gasteiger partial charge on any atom is -0.493 e. The van der Waals surface area contributed by atoms with Crippen molar-refractivity contribution in [2.75, 3.05) is 58.4 Å². The number of hydrogen-bond donors (Lipinski definition) is 1. The van der Waals surface area contributed by atoms with Crippen LogP contribution in [0.2, 0.25) is 0 Å². The zero-order valence-electron chi connectivity index (χ0n) is 22.9. The quantitative estimate of drug-likeness (QED) is 0.550. The normalized spacial score (nSPS) is 13.9. The number of nitrogens with zero attached hydrogens (tertiary/aromatic N) is 5. The molecule has 202 valence electrons. The number of benzene rings is 1. The summed E-state index contributed by atoms with van der Waals surface area (Å²) in [5.74, 6) is 2.31. The molecule has 1 fully saturated rings. The van der Waals surface area contributed by atoms with E-state index >= 15 is 0 Å². The van der Waals surface area contributed by atoms with Crippen LogP contribution in [0.1, 0.15) is 34.1 Å². The van der Waals surface area contributed by atoms with Crippen molar-refractivity contribution >= 4 is 17.8 Å². The monoisotopic (exact) mass is 512 g/mol. The number of carbonyl (C=O) groups excluding carboxylic acids is 2.